The molecule has 0 bridgehead atoms. The molecule has 1 N–H and O–H groups in total. The van der Waals surface area contributed by atoms with E-state index in [1.807, 2.05) is 47.5 Å². The molecular weight excluding hydrogens is 392 g/mol. The maximum Gasteiger partial charge on any atom is 0.257 e. The molecule has 3 aromatic rings. The Morgan fingerprint density at radius 2 is 2.14 bits per heavy atom. The van der Waals surface area contributed by atoms with Crippen molar-refractivity contribution in [1.82, 2.24) is 15.1 Å². The lowest BCUT2D eigenvalue weighted by atomic mass is 10.2. The molecule has 3 rings (SSSR count). The molecule has 154 valence electrons. The van der Waals surface area contributed by atoms with E-state index in [9.17, 15) is 4.79 Å². The van der Waals surface area contributed by atoms with Crippen molar-refractivity contribution in [2.45, 2.75) is 13.5 Å². The Labute approximate surface area is 173 Å². The van der Waals surface area contributed by atoms with E-state index in [-0.39, 0.29) is 12.5 Å². The normalized spacial score (nSPS) is 11.0. The number of aryl methyl sites for hydroxylation is 1. The molecule has 0 fully saturated rings. The Morgan fingerprint density at radius 1 is 1.28 bits per heavy atom. The van der Waals surface area contributed by atoms with Gasteiger partial charge < -0.3 is 19.2 Å². The van der Waals surface area contributed by atoms with Gasteiger partial charge in [-0.05, 0) is 36.1 Å². The SMILES string of the molecule is COCCN(CC(=O)Nc1cc(C)ccc1OC)Cc1nnc(-c2cccs2)o1. The number of nitrogens with one attached hydrogen (secondary N) is 1. The Bertz CT molecular complexity index is 926. The van der Waals surface area contributed by atoms with Gasteiger partial charge in [-0.1, -0.05) is 12.1 Å². The molecule has 1 amide bonds. The average molecular weight is 417 g/mol. The molecule has 0 aliphatic carbocycles. The summed E-state index contributed by atoms with van der Waals surface area (Å²) in [5, 5.41) is 13.1. The number of benzene rings is 1. The Kier molecular flexibility index (Phi) is 7.34. The summed E-state index contributed by atoms with van der Waals surface area (Å²) in [5.41, 5.74) is 1.67. The number of carbonyl (C=O) groups is 1. The first-order chi connectivity index (χ1) is 14.1. The molecule has 1 aromatic carbocycles. The highest BCUT2D eigenvalue weighted by molar-refractivity contribution is 7.13. The predicted molar refractivity (Wildman–Crippen MR) is 111 cm³/mol. The van der Waals surface area contributed by atoms with Crippen molar-refractivity contribution in [1.29, 1.82) is 0 Å². The fraction of sp³-hybridized carbons (Fsp3) is 0.350. The summed E-state index contributed by atoms with van der Waals surface area (Å²) < 4.78 is 16.2. The van der Waals surface area contributed by atoms with E-state index >= 15 is 0 Å². The van der Waals surface area contributed by atoms with Gasteiger partial charge in [-0.2, -0.15) is 0 Å². The molecule has 8 nitrogen and oxygen atoms in total. The Balaban J connectivity index is 1.65. The Hall–Kier alpha value is -2.75. The lowest BCUT2D eigenvalue weighted by Crippen LogP contribution is -2.35. The Morgan fingerprint density at radius 3 is 2.86 bits per heavy atom. The van der Waals surface area contributed by atoms with Crippen molar-refractivity contribution < 1.29 is 18.7 Å². The van der Waals surface area contributed by atoms with Crippen LogP contribution in [-0.2, 0) is 16.1 Å². The summed E-state index contributed by atoms with van der Waals surface area (Å²) in [6.07, 6.45) is 0. The number of nitrogens with zero attached hydrogens (tertiary/aromatic N) is 3. The quantitative estimate of drug-likeness (QED) is 0.543. The number of hydrogen-bond acceptors (Lipinski definition) is 8. The molecule has 2 heterocycles. The van der Waals surface area contributed by atoms with Gasteiger partial charge in [-0.15, -0.1) is 21.5 Å². The van der Waals surface area contributed by atoms with Crippen LogP contribution in [0.15, 0.2) is 40.1 Å². The van der Waals surface area contributed by atoms with Gasteiger partial charge >= 0.3 is 0 Å². The lowest BCUT2D eigenvalue weighted by Gasteiger charge is -2.20. The molecule has 0 aliphatic heterocycles. The topological polar surface area (TPSA) is 89.7 Å². The van der Waals surface area contributed by atoms with Crippen molar-refractivity contribution in [2.75, 3.05) is 39.2 Å². The van der Waals surface area contributed by atoms with Crippen LogP contribution in [0.25, 0.3) is 10.8 Å². The van der Waals surface area contributed by atoms with E-state index in [0.29, 0.717) is 42.9 Å². The van der Waals surface area contributed by atoms with Crippen LogP contribution in [0.4, 0.5) is 5.69 Å². The van der Waals surface area contributed by atoms with Crippen LogP contribution < -0.4 is 10.1 Å². The van der Waals surface area contributed by atoms with Crippen LogP contribution in [0.1, 0.15) is 11.5 Å². The second-order valence-corrected chi connectivity index (χ2v) is 7.38. The number of aromatic nitrogens is 2. The van der Waals surface area contributed by atoms with Crippen LogP contribution in [0, 0.1) is 6.92 Å². The monoisotopic (exact) mass is 416 g/mol. The smallest absolute Gasteiger partial charge is 0.257 e. The van der Waals surface area contributed by atoms with Gasteiger partial charge in [-0.3, -0.25) is 9.69 Å². The van der Waals surface area contributed by atoms with Gasteiger partial charge in [0, 0.05) is 13.7 Å². The number of rotatable bonds is 10. The molecule has 0 unspecified atom stereocenters. The van der Waals surface area contributed by atoms with Crippen LogP contribution in [0.5, 0.6) is 5.75 Å². The van der Waals surface area contributed by atoms with E-state index < -0.39 is 0 Å². The third-order valence-electron chi connectivity index (χ3n) is 4.17. The standard InChI is InChI=1S/C20H24N4O4S/c1-14-6-7-16(27-3)15(11-14)21-18(25)12-24(8-9-26-2)13-19-22-23-20(28-19)17-5-4-10-29-17/h4-7,10-11H,8-9,12-13H2,1-3H3,(H,21,25). The number of amides is 1. The maximum atomic E-state index is 12.6. The molecule has 0 saturated carbocycles. The fourth-order valence-corrected chi connectivity index (χ4v) is 3.40. The van der Waals surface area contributed by atoms with Gasteiger partial charge in [0.1, 0.15) is 5.75 Å². The van der Waals surface area contributed by atoms with Crippen LogP contribution in [0.3, 0.4) is 0 Å². The minimum Gasteiger partial charge on any atom is -0.495 e. The number of hydrogen-bond donors (Lipinski definition) is 1. The third kappa shape index (κ3) is 5.86. The number of methoxy groups -OCH3 is 2. The van der Waals surface area contributed by atoms with E-state index in [4.69, 9.17) is 13.9 Å². The molecule has 0 spiro atoms. The summed E-state index contributed by atoms with van der Waals surface area (Å²) >= 11 is 1.53. The molecule has 0 radical (unpaired) electrons. The molecule has 0 aliphatic rings. The van der Waals surface area contributed by atoms with E-state index in [0.717, 1.165) is 10.4 Å². The first kappa shape index (κ1) is 21.0. The average Bonchev–Trinajstić information content (AvgIpc) is 3.38. The fourth-order valence-electron chi connectivity index (χ4n) is 2.76. The minimum absolute atomic E-state index is 0.150. The molecule has 0 atom stereocenters. The first-order valence-corrected chi connectivity index (χ1v) is 9.99. The summed E-state index contributed by atoms with van der Waals surface area (Å²) in [7, 11) is 3.20. The first-order valence-electron chi connectivity index (χ1n) is 9.11. The van der Waals surface area contributed by atoms with Crippen LogP contribution in [0.2, 0.25) is 0 Å². The molecule has 9 heteroatoms. The van der Waals surface area contributed by atoms with E-state index in [1.165, 1.54) is 11.3 Å². The predicted octanol–water partition coefficient (Wildman–Crippen LogP) is 3.20. The third-order valence-corrected chi connectivity index (χ3v) is 5.02. The highest BCUT2D eigenvalue weighted by atomic mass is 32.1. The zero-order valence-electron chi connectivity index (χ0n) is 16.7. The summed E-state index contributed by atoms with van der Waals surface area (Å²) in [4.78, 5) is 15.4. The van der Waals surface area contributed by atoms with Crippen molar-refractivity contribution in [2.24, 2.45) is 0 Å². The second kappa shape index (κ2) is 10.1. The summed E-state index contributed by atoms with van der Waals surface area (Å²) in [5.74, 6) is 1.38. The highest BCUT2D eigenvalue weighted by Crippen LogP contribution is 2.25. The van der Waals surface area contributed by atoms with Crippen molar-refractivity contribution in [3.8, 4) is 16.5 Å². The van der Waals surface area contributed by atoms with Crippen LogP contribution in [-0.4, -0.2) is 54.9 Å². The zero-order chi connectivity index (χ0) is 20.6. The largest absolute Gasteiger partial charge is 0.495 e. The molecule has 29 heavy (non-hydrogen) atoms. The molecule has 2 aromatic heterocycles. The van der Waals surface area contributed by atoms with E-state index in [2.05, 4.69) is 15.5 Å². The van der Waals surface area contributed by atoms with Gasteiger partial charge in [0.15, 0.2) is 0 Å². The minimum atomic E-state index is -0.164. The number of ether oxygens (including phenoxy) is 2. The van der Waals surface area contributed by atoms with E-state index in [1.54, 1.807) is 14.2 Å². The van der Waals surface area contributed by atoms with Crippen molar-refractivity contribution >= 4 is 22.9 Å². The molecular formula is C20H24N4O4S. The number of carbonyl (C=O) groups excluding carboxylic acids is 1. The highest BCUT2D eigenvalue weighted by Gasteiger charge is 2.17. The van der Waals surface area contributed by atoms with Gasteiger partial charge in [0.05, 0.1) is 37.4 Å². The maximum absolute atomic E-state index is 12.6. The molecule has 0 saturated heterocycles. The lowest BCUT2D eigenvalue weighted by molar-refractivity contribution is -0.117. The second-order valence-electron chi connectivity index (χ2n) is 6.43. The number of thiophene rings is 1. The van der Waals surface area contributed by atoms with Crippen molar-refractivity contribution in [3.63, 3.8) is 0 Å². The summed E-state index contributed by atoms with van der Waals surface area (Å²) in [6, 6.07) is 9.49. The van der Waals surface area contributed by atoms with Crippen molar-refractivity contribution in [3.05, 3.63) is 47.2 Å². The number of anilines is 1. The zero-order valence-corrected chi connectivity index (χ0v) is 17.5. The van der Waals surface area contributed by atoms with Crippen LogP contribution >= 0.6 is 11.3 Å². The van der Waals surface area contributed by atoms with Gasteiger partial charge in [0.25, 0.3) is 5.89 Å². The van der Waals surface area contributed by atoms with Gasteiger partial charge in [-0.25, -0.2) is 0 Å². The van der Waals surface area contributed by atoms with Gasteiger partial charge in [0.2, 0.25) is 11.8 Å². The summed E-state index contributed by atoms with van der Waals surface area (Å²) in [6.45, 7) is 3.48.